The van der Waals surface area contributed by atoms with Crippen LogP contribution in [0.5, 0.6) is 0 Å². The molecule has 3 aromatic heterocycles. The summed E-state index contributed by atoms with van der Waals surface area (Å²) in [6.45, 7) is 0. The zero-order valence-corrected chi connectivity index (χ0v) is 19.7. The minimum absolute atomic E-state index is 0.0620. The molecule has 0 saturated heterocycles. The van der Waals surface area contributed by atoms with Gasteiger partial charge in [0.05, 0.1) is 29.3 Å². The molecule has 202 valence electrons. The van der Waals surface area contributed by atoms with E-state index in [2.05, 4.69) is 25.8 Å². The van der Waals surface area contributed by atoms with Gasteiger partial charge in [-0.3, -0.25) is 9.59 Å². The van der Waals surface area contributed by atoms with Gasteiger partial charge in [0.1, 0.15) is 5.56 Å². The van der Waals surface area contributed by atoms with Gasteiger partial charge in [0.25, 0.3) is 11.8 Å². The number of hydrogen-bond donors (Lipinski definition) is 2. The summed E-state index contributed by atoms with van der Waals surface area (Å²) in [6.07, 6.45) is -6.01. The van der Waals surface area contributed by atoms with Crippen molar-refractivity contribution in [2.75, 3.05) is 10.6 Å². The maximum atomic E-state index is 14.3. The lowest BCUT2D eigenvalue weighted by atomic mass is 10.0. The third kappa shape index (κ3) is 4.02. The molecule has 0 unspecified atom stereocenters. The summed E-state index contributed by atoms with van der Waals surface area (Å²) < 4.78 is 85.5. The van der Waals surface area contributed by atoms with E-state index in [9.17, 15) is 35.9 Å². The highest BCUT2D eigenvalue weighted by Crippen LogP contribution is 2.40. The van der Waals surface area contributed by atoms with Crippen molar-refractivity contribution < 1.29 is 35.9 Å². The first-order valence-corrected chi connectivity index (χ1v) is 11.3. The predicted octanol–water partition coefficient (Wildman–Crippen LogP) is 5.46. The van der Waals surface area contributed by atoms with Crippen LogP contribution < -0.4 is 10.6 Å². The molecule has 15 heteroatoms. The molecule has 6 rings (SSSR count). The van der Waals surface area contributed by atoms with Crippen LogP contribution in [0.25, 0.3) is 22.3 Å². The molecule has 1 aliphatic rings. The SMILES string of the molecule is O=C(Nc1cnc(-n2cccn2)c(C(F)(F)F)c1)c1cnn(-c2ccc3c4c(cccc24)C(=O)N3)c1C(F)(F)F. The van der Waals surface area contributed by atoms with Crippen LogP contribution in [-0.2, 0) is 12.4 Å². The number of rotatable bonds is 4. The van der Waals surface area contributed by atoms with Gasteiger partial charge < -0.3 is 10.6 Å². The molecular weight excluding hydrogens is 544 g/mol. The summed E-state index contributed by atoms with van der Waals surface area (Å²) in [6, 6.07) is 9.18. The fourth-order valence-corrected chi connectivity index (χ4v) is 4.54. The summed E-state index contributed by atoms with van der Waals surface area (Å²) in [4.78, 5) is 28.9. The van der Waals surface area contributed by atoms with Gasteiger partial charge in [-0.1, -0.05) is 12.1 Å². The second-order valence-corrected chi connectivity index (χ2v) is 8.63. The summed E-state index contributed by atoms with van der Waals surface area (Å²) in [5.74, 6) is -2.36. The Kier molecular flexibility index (Phi) is 5.43. The van der Waals surface area contributed by atoms with E-state index in [1.54, 1.807) is 0 Å². The standard InChI is InChI=1S/C25H13F6N7O2/c26-24(27,28)16-9-12(10-32-21(16)37-8-2-7-33-37)35-23(40)15-11-34-38(20(15)25(29,30)31)18-6-5-17-19-13(18)3-1-4-14(19)22(39)36-17/h1-11H,(H,35,40)(H,36,39). The van der Waals surface area contributed by atoms with Crippen molar-refractivity contribution in [1.82, 2.24) is 24.5 Å². The molecule has 9 nitrogen and oxygen atoms in total. The molecule has 0 saturated carbocycles. The van der Waals surface area contributed by atoms with Crippen LogP contribution in [0.4, 0.5) is 37.7 Å². The van der Waals surface area contributed by atoms with Gasteiger partial charge in [-0.25, -0.2) is 14.3 Å². The minimum Gasteiger partial charge on any atom is -0.321 e. The van der Waals surface area contributed by atoms with Gasteiger partial charge in [-0.2, -0.15) is 36.5 Å². The lowest BCUT2D eigenvalue weighted by molar-refractivity contribution is -0.143. The number of pyridine rings is 1. The molecule has 0 spiro atoms. The highest BCUT2D eigenvalue weighted by Gasteiger charge is 2.41. The Balaban J connectivity index is 1.42. The van der Waals surface area contributed by atoms with Gasteiger partial charge in [0.15, 0.2) is 11.5 Å². The van der Waals surface area contributed by atoms with E-state index in [-0.39, 0.29) is 16.6 Å². The number of carbonyl (C=O) groups excluding carboxylic acids is 2. The average molecular weight is 557 g/mol. The third-order valence-electron chi connectivity index (χ3n) is 6.17. The molecule has 0 aliphatic carbocycles. The van der Waals surface area contributed by atoms with Crippen LogP contribution in [0, 0.1) is 0 Å². The summed E-state index contributed by atoms with van der Waals surface area (Å²) >= 11 is 0. The van der Waals surface area contributed by atoms with Crippen molar-refractivity contribution >= 4 is 34.0 Å². The molecule has 2 aromatic carbocycles. The lowest BCUT2D eigenvalue weighted by Gasteiger charge is -2.16. The van der Waals surface area contributed by atoms with E-state index in [0.29, 0.717) is 28.0 Å². The van der Waals surface area contributed by atoms with Crippen LogP contribution in [0.15, 0.2) is 67.3 Å². The van der Waals surface area contributed by atoms with Crippen molar-refractivity contribution in [3.63, 3.8) is 0 Å². The Morgan fingerprint density at radius 2 is 1.75 bits per heavy atom. The van der Waals surface area contributed by atoms with Crippen molar-refractivity contribution in [3.8, 4) is 11.5 Å². The Bertz CT molecular complexity index is 1820. The Morgan fingerprint density at radius 1 is 0.950 bits per heavy atom. The van der Waals surface area contributed by atoms with E-state index in [1.807, 2.05) is 0 Å². The Morgan fingerprint density at radius 3 is 2.45 bits per heavy atom. The first kappa shape index (κ1) is 25.1. The van der Waals surface area contributed by atoms with E-state index >= 15 is 0 Å². The topological polar surface area (TPSA) is 107 Å². The smallest absolute Gasteiger partial charge is 0.321 e. The van der Waals surface area contributed by atoms with E-state index < -0.39 is 52.5 Å². The van der Waals surface area contributed by atoms with Gasteiger partial charge in [0, 0.05) is 34.4 Å². The average Bonchev–Trinajstić information content (AvgIpc) is 3.64. The fourth-order valence-electron chi connectivity index (χ4n) is 4.54. The van der Waals surface area contributed by atoms with Crippen LogP contribution >= 0.6 is 0 Å². The van der Waals surface area contributed by atoms with Gasteiger partial charge >= 0.3 is 12.4 Å². The number of nitrogens with zero attached hydrogens (tertiary/aromatic N) is 5. The second kappa shape index (κ2) is 8.65. The van der Waals surface area contributed by atoms with Crippen LogP contribution in [0.1, 0.15) is 32.0 Å². The van der Waals surface area contributed by atoms with Gasteiger partial charge in [0.2, 0.25) is 0 Å². The fraction of sp³-hybridized carbons (Fsp3) is 0.0800. The number of halogens is 6. The molecule has 0 radical (unpaired) electrons. The first-order chi connectivity index (χ1) is 18.9. The predicted molar refractivity (Wildman–Crippen MR) is 128 cm³/mol. The molecule has 0 fully saturated rings. The molecule has 0 bridgehead atoms. The van der Waals surface area contributed by atoms with Crippen LogP contribution in [0.2, 0.25) is 0 Å². The van der Waals surface area contributed by atoms with Crippen molar-refractivity contribution in [2.45, 2.75) is 12.4 Å². The Labute approximate surface area is 219 Å². The maximum Gasteiger partial charge on any atom is 0.434 e. The van der Waals surface area contributed by atoms with Gasteiger partial charge in [-0.05, 0) is 30.3 Å². The number of nitrogens with one attached hydrogen (secondary N) is 2. The minimum atomic E-state index is -5.10. The molecular formula is C25H13F6N7O2. The quantitative estimate of drug-likeness (QED) is 0.286. The number of carbonyl (C=O) groups is 2. The van der Waals surface area contributed by atoms with Crippen molar-refractivity contribution in [3.05, 3.63) is 89.6 Å². The number of aromatic nitrogens is 5. The molecule has 2 N–H and O–H groups in total. The zero-order valence-electron chi connectivity index (χ0n) is 19.7. The van der Waals surface area contributed by atoms with Crippen molar-refractivity contribution in [1.29, 1.82) is 0 Å². The molecule has 40 heavy (non-hydrogen) atoms. The van der Waals surface area contributed by atoms with Crippen molar-refractivity contribution in [2.24, 2.45) is 0 Å². The highest BCUT2D eigenvalue weighted by atomic mass is 19.4. The Hall–Kier alpha value is -5.21. The molecule has 1 aliphatic heterocycles. The van der Waals surface area contributed by atoms with Crippen LogP contribution in [0.3, 0.4) is 0 Å². The highest BCUT2D eigenvalue weighted by molar-refractivity contribution is 6.25. The number of hydrogen-bond acceptors (Lipinski definition) is 5. The number of amides is 2. The van der Waals surface area contributed by atoms with Crippen LogP contribution in [-0.4, -0.2) is 36.4 Å². The van der Waals surface area contributed by atoms with E-state index in [1.165, 1.54) is 48.8 Å². The maximum absolute atomic E-state index is 14.3. The second-order valence-electron chi connectivity index (χ2n) is 8.63. The monoisotopic (exact) mass is 557 g/mol. The summed E-state index contributed by atoms with van der Waals surface area (Å²) in [5, 5.41) is 12.8. The van der Waals surface area contributed by atoms with E-state index in [4.69, 9.17) is 0 Å². The molecule has 2 amide bonds. The van der Waals surface area contributed by atoms with Gasteiger partial charge in [-0.15, -0.1) is 0 Å². The number of anilines is 2. The van der Waals surface area contributed by atoms with E-state index in [0.717, 1.165) is 10.9 Å². The summed E-state index contributed by atoms with van der Waals surface area (Å²) in [7, 11) is 0. The first-order valence-electron chi connectivity index (χ1n) is 11.3. The molecule has 0 atom stereocenters. The summed E-state index contributed by atoms with van der Waals surface area (Å²) in [5.41, 5.74) is -3.55. The number of alkyl halides is 6. The zero-order chi connectivity index (χ0) is 28.4. The lowest BCUT2D eigenvalue weighted by Crippen LogP contribution is -2.21. The molecule has 4 heterocycles. The molecule has 5 aromatic rings. The normalized spacial score (nSPS) is 13.1. The largest absolute Gasteiger partial charge is 0.434 e. The third-order valence-corrected chi connectivity index (χ3v) is 6.17. The number of benzene rings is 2.